The predicted octanol–water partition coefficient (Wildman–Crippen LogP) is 4.71. The molecule has 21 heavy (non-hydrogen) atoms. The normalized spacial score (nSPS) is 13.4. The van der Waals surface area contributed by atoms with E-state index in [0.717, 1.165) is 17.4 Å². The summed E-state index contributed by atoms with van der Waals surface area (Å²) in [5.41, 5.74) is 4.52. The van der Waals surface area contributed by atoms with Crippen molar-refractivity contribution in [1.29, 1.82) is 0 Å². The number of aryl methyl sites for hydroxylation is 1. The molecule has 2 aromatic rings. The van der Waals surface area contributed by atoms with Crippen LogP contribution in [0.4, 0.5) is 17.6 Å². The van der Waals surface area contributed by atoms with Gasteiger partial charge in [0, 0.05) is 27.8 Å². The van der Waals surface area contributed by atoms with Crippen LogP contribution in [0.25, 0.3) is 0 Å². The van der Waals surface area contributed by atoms with E-state index < -0.39 is 23.6 Å². The van der Waals surface area contributed by atoms with Crippen LogP contribution in [0.3, 0.4) is 0 Å². The van der Waals surface area contributed by atoms with Gasteiger partial charge in [-0.05, 0) is 24.6 Å². The number of rotatable bonds is 4. The molecular weight excluding hydrogens is 302 g/mol. The minimum Gasteiger partial charge on any atom is -0.324 e. The van der Waals surface area contributed by atoms with Gasteiger partial charge in [0.1, 0.15) is 5.82 Å². The van der Waals surface area contributed by atoms with Gasteiger partial charge in [0.2, 0.25) is 0 Å². The van der Waals surface area contributed by atoms with E-state index in [1.807, 2.05) is 19.1 Å². The van der Waals surface area contributed by atoms with Crippen LogP contribution in [0.1, 0.15) is 33.8 Å². The second-order valence-electron chi connectivity index (χ2n) is 4.74. The maximum atomic E-state index is 14.0. The Bertz CT molecular complexity index is 618. The Morgan fingerprint density at radius 2 is 1.81 bits per heavy atom. The van der Waals surface area contributed by atoms with Crippen LogP contribution in [0, 0.1) is 5.82 Å². The van der Waals surface area contributed by atoms with Gasteiger partial charge in [0.25, 0.3) is 0 Å². The smallest absolute Gasteiger partial charge is 0.324 e. The summed E-state index contributed by atoms with van der Waals surface area (Å²) in [6.45, 7) is 2.02. The van der Waals surface area contributed by atoms with Crippen molar-refractivity contribution in [3.63, 3.8) is 0 Å². The minimum atomic E-state index is -4.71. The van der Waals surface area contributed by atoms with Crippen molar-refractivity contribution in [3.05, 3.63) is 57.0 Å². The van der Waals surface area contributed by atoms with Crippen LogP contribution in [0.2, 0.25) is 0 Å². The largest absolute Gasteiger partial charge is 0.419 e. The Morgan fingerprint density at radius 3 is 2.38 bits per heavy atom. The first kappa shape index (κ1) is 16.0. The molecule has 1 aromatic carbocycles. The number of halogens is 4. The summed E-state index contributed by atoms with van der Waals surface area (Å²) in [6, 6.07) is 6.27. The molecule has 0 amide bonds. The van der Waals surface area contributed by atoms with Crippen molar-refractivity contribution in [2.75, 3.05) is 0 Å². The molecule has 0 aliphatic heterocycles. The number of hydrogen-bond acceptors (Lipinski definition) is 2. The third kappa shape index (κ3) is 3.63. The number of thiophene rings is 1. The Kier molecular flexibility index (Phi) is 4.68. The Balaban J connectivity index is 2.25. The van der Waals surface area contributed by atoms with E-state index in [2.05, 4.69) is 0 Å². The van der Waals surface area contributed by atoms with Crippen LogP contribution in [-0.4, -0.2) is 0 Å². The van der Waals surface area contributed by atoms with E-state index >= 15 is 0 Å². The quantitative estimate of drug-likeness (QED) is 0.812. The molecule has 0 fully saturated rings. The lowest BCUT2D eigenvalue weighted by molar-refractivity contribution is -0.140. The lowest BCUT2D eigenvalue weighted by atomic mass is 10.00. The zero-order chi connectivity index (χ0) is 15.6. The van der Waals surface area contributed by atoms with E-state index in [1.54, 1.807) is 11.3 Å². The van der Waals surface area contributed by atoms with Crippen LogP contribution >= 0.6 is 11.3 Å². The van der Waals surface area contributed by atoms with Crippen LogP contribution in [0.15, 0.2) is 30.3 Å². The van der Waals surface area contributed by atoms with Crippen molar-refractivity contribution in [2.24, 2.45) is 5.73 Å². The highest BCUT2D eigenvalue weighted by molar-refractivity contribution is 7.11. The monoisotopic (exact) mass is 317 g/mol. The van der Waals surface area contributed by atoms with Gasteiger partial charge in [-0.25, -0.2) is 4.39 Å². The molecule has 1 unspecified atom stereocenters. The summed E-state index contributed by atoms with van der Waals surface area (Å²) in [5.74, 6) is -1.27. The van der Waals surface area contributed by atoms with E-state index in [9.17, 15) is 17.6 Å². The maximum Gasteiger partial charge on any atom is 0.419 e. The van der Waals surface area contributed by atoms with Gasteiger partial charge in [-0.3, -0.25) is 0 Å². The van der Waals surface area contributed by atoms with Gasteiger partial charge in [0.15, 0.2) is 0 Å². The summed E-state index contributed by atoms with van der Waals surface area (Å²) in [6.07, 6.45) is -3.50. The third-order valence-corrected chi connectivity index (χ3v) is 4.47. The highest BCUT2D eigenvalue weighted by Gasteiger charge is 2.35. The van der Waals surface area contributed by atoms with Gasteiger partial charge in [0.05, 0.1) is 5.56 Å². The topological polar surface area (TPSA) is 26.0 Å². The van der Waals surface area contributed by atoms with Crippen LogP contribution < -0.4 is 5.73 Å². The van der Waals surface area contributed by atoms with Gasteiger partial charge < -0.3 is 5.73 Å². The van der Waals surface area contributed by atoms with Crippen LogP contribution in [0.5, 0.6) is 0 Å². The number of nitrogens with two attached hydrogens (primary N) is 1. The van der Waals surface area contributed by atoms with E-state index in [1.165, 1.54) is 17.0 Å². The first-order chi connectivity index (χ1) is 9.82. The minimum absolute atomic E-state index is 0.101. The second kappa shape index (κ2) is 6.15. The molecule has 1 aromatic heterocycles. The summed E-state index contributed by atoms with van der Waals surface area (Å²) in [5, 5.41) is 0. The maximum absolute atomic E-state index is 14.0. The fourth-order valence-corrected chi connectivity index (χ4v) is 3.12. The number of benzene rings is 1. The van der Waals surface area contributed by atoms with Gasteiger partial charge in [-0.2, -0.15) is 13.2 Å². The molecule has 0 bridgehead atoms. The van der Waals surface area contributed by atoms with Crippen molar-refractivity contribution >= 4 is 11.3 Å². The summed E-state index contributed by atoms with van der Waals surface area (Å²) < 4.78 is 52.1. The number of hydrogen-bond donors (Lipinski definition) is 1. The molecule has 2 N–H and O–H groups in total. The molecule has 114 valence electrons. The first-order valence-electron chi connectivity index (χ1n) is 6.51. The molecule has 2 rings (SSSR count). The molecule has 1 atom stereocenters. The predicted molar refractivity (Wildman–Crippen MR) is 75.7 cm³/mol. The van der Waals surface area contributed by atoms with Crippen molar-refractivity contribution < 1.29 is 17.6 Å². The standard InChI is InChI=1S/C15H15F4NS/c1-2-9-6-7-10(21-9)8-13(20)11-4-3-5-12(14(11)16)15(17,18)19/h3-7,13H,2,8,20H2,1H3. The third-order valence-electron chi connectivity index (χ3n) is 3.22. The van der Waals surface area contributed by atoms with Crippen LogP contribution in [-0.2, 0) is 19.0 Å². The Labute approximate surface area is 124 Å². The Hall–Kier alpha value is -1.40. The van der Waals surface area contributed by atoms with Crippen molar-refractivity contribution in [2.45, 2.75) is 32.0 Å². The van der Waals surface area contributed by atoms with E-state index in [4.69, 9.17) is 5.73 Å². The van der Waals surface area contributed by atoms with Crippen molar-refractivity contribution in [1.82, 2.24) is 0 Å². The molecule has 1 nitrogen and oxygen atoms in total. The first-order valence-corrected chi connectivity index (χ1v) is 7.33. The zero-order valence-corrected chi connectivity index (χ0v) is 12.2. The fourth-order valence-electron chi connectivity index (χ4n) is 2.10. The van der Waals surface area contributed by atoms with Gasteiger partial charge in [-0.15, -0.1) is 11.3 Å². The van der Waals surface area contributed by atoms with E-state index in [-0.39, 0.29) is 5.56 Å². The highest BCUT2D eigenvalue weighted by Crippen LogP contribution is 2.34. The molecule has 0 spiro atoms. The lowest BCUT2D eigenvalue weighted by Crippen LogP contribution is -2.17. The highest BCUT2D eigenvalue weighted by atomic mass is 32.1. The lowest BCUT2D eigenvalue weighted by Gasteiger charge is -2.15. The van der Waals surface area contributed by atoms with E-state index in [0.29, 0.717) is 6.42 Å². The van der Waals surface area contributed by atoms with Gasteiger partial charge in [-0.1, -0.05) is 19.1 Å². The number of alkyl halides is 3. The molecular formula is C15H15F4NS. The molecule has 1 heterocycles. The summed E-state index contributed by atoms with van der Waals surface area (Å²) in [4.78, 5) is 2.11. The fraction of sp³-hybridized carbons (Fsp3) is 0.333. The molecule has 0 aliphatic carbocycles. The molecule has 0 saturated heterocycles. The molecule has 0 radical (unpaired) electrons. The summed E-state index contributed by atoms with van der Waals surface area (Å²) in [7, 11) is 0. The average molecular weight is 317 g/mol. The molecule has 0 saturated carbocycles. The van der Waals surface area contributed by atoms with Crippen molar-refractivity contribution in [3.8, 4) is 0 Å². The van der Waals surface area contributed by atoms with Gasteiger partial charge >= 0.3 is 6.18 Å². The Morgan fingerprint density at radius 1 is 1.14 bits per heavy atom. The average Bonchev–Trinajstić information content (AvgIpc) is 2.85. The SMILES string of the molecule is CCc1ccc(CC(N)c2cccc(C(F)(F)F)c2F)s1. The summed E-state index contributed by atoms with van der Waals surface area (Å²) >= 11 is 1.55. The zero-order valence-electron chi connectivity index (χ0n) is 11.4. The molecule has 0 aliphatic rings. The second-order valence-corrected chi connectivity index (χ2v) is 5.99. The molecule has 6 heteroatoms.